The molecule has 0 fully saturated rings. The molecule has 1 heterocycles. The number of ether oxygens (including phenoxy) is 1. The Kier molecular flexibility index (Phi) is 3.55. The molecular weight excluding hydrogens is 190 g/mol. The summed E-state index contributed by atoms with van der Waals surface area (Å²) in [4.78, 5) is 10.4. The lowest BCUT2D eigenvalue weighted by Crippen LogP contribution is -2.17. The predicted molar refractivity (Wildman–Crippen MR) is 44.5 cm³/mol. The molecule has 0 aliphatic rings. The first-order valence-corrected chi connectivity index (χ1v) is 3.92. The van der Waals surface area contributed by atoms with Gasteiger partial charge in [0.25, 0.3) is 0 Å². The summed E-state index contributed by atoms with van der Waals surface area (Å²) in [7, 11) is 1.44. The predicted octanol–water partition coefficient (Wildman–Crippen LogP) is -0.958. The van der Waals surface area contributed by atoms with Crippen LogP contribution in [0.25, 0.3) is 0 Å². The minimum atomic E-state index is -1.04. The van der Waals surface area contributed by atoms with Gasteiger partial charge in [0.2, 0.25) is 0 Å². The number of hydrogen-bond donors (Lipinski definition) is 2. The zero-order chi connectivity index (χ0) is 10.6. The van der Waals surface area contributed by atoms with Crippen molar-refractivity contribution in [2.24, 2.45) is 0 Å². The SMILES string of the molecule is COCC(O)c1cnnn1CC(=O)O. The fourth-order valence-corrected chi connectivity index (χ4v) is 1.02. The summed E-state index contributed by atoms with van der Waals surface area (Å²) in [5.74, 6) is -1.04. The average molecular weight is 201 g/mol. The van der Waals surface area contributed by atoms with Crippen molar-refractivity contribution in [1.82, 2.24) is 15.0 Å². The Bertz CT molecular complexity index is 312. The molecule has 0 amide bonds. The maximum Gasteiger partial charge on any atom is 0.325 e. The molecule has 0 spiro atoms. The highest BCUT2D eigenvalue weighted by atomic mass is 16.5. The van der Waals surface area contributed by atoms with Gasteiger partial charge in [-0.3, -0.25) is 4.79 Å². The molecule has 1 atom stereocenters. The van der Waals surface area contributed by atoms with E-state index in [9.17, 15) is 9.90 Å². The maximum atomic E-state index is 10.4. The second-order valence-corrected chi connectivity index (χ2v) is 2.68. The quantitative estimate of drug-likeness (QED) is 0.637. The highest BCUT2D eigenvalue weighted by molar-refractivity contribution is 5.66. The van der Waals surface area contributed by atoms with Crippen LogP contribution in [0.3, 0.4) is 0 Å². The van der Waals surface area contributed by atoms with Crippen LogP contribution in [0.2, 0.25) is 0 Å². The second kappa shape index (κ2) is 4.68. The van der Waals surface area contributed by atoms with Crippen LogP contribution < -0.4 is 0 Å². The van der Waals surface area contributed by atoms with E-state index in [0.717, 1.165) is 4.68 Å². The van der Waals surface area contributed by atoms with E-state index < -0.39 is 12.1 Å². The monoisotopic (exact) mass is 201 g/mol. The summed E-state index contributed by atoms with van der Waals surface area (Å²) in [6, 6.07) is 0. The normalized spacial score (nSPS) is 12.7. The number of aliphatic hydroxyl groups is 1. The first-order chi connectivity index (χ1) is 6.65. The fraction of sp³-hybridized carbons (Fsp3) is 0.571. The summed E-state index contributed by atoms with van der Waals surface area (Å²) in [6.07, 6.45) is 0.404. The molecule has 2 N–H and O–H groups in total. The van der Waals surface area contributed by atoms with Gasteiger partial charge >= 0.3 is 5.97 Å². The number of carbonyl (C=O) groups is 1. The number of carboxylic acids is 1. The van der Waals surface area contributed by atoms with Gasteiger partial charge in [-0.2, -0.15) is 0 Å². The van der Waals surface area contributed by atoms with E-state index in [4.69, 9.17) is 9.84 Å². The standard InChI is InChI=1S/C7H11N3O4/c1-14-4-6(11)5-2-8-9-10(5)3-7(12)13/h2,6,11H,3-4H2,1H3,(H,12,13). The van der Waals surface area contributed by atoms with Crippen LogP contribution in [-0.4, -0.2) is 44.9 Å². The Morgan fingerprint density at radius 3 is 3.07 bits per heavy atom. The van der Waals surface area contributed by atoms with Gasteiger partial charge in [0.15, 0.2) is 0 Å². The third-order valence-electron chi connectivity index (χ3n) is 1.60. The highest BCUT2D eigenvalue weighted by Gasteiger charge is 2.15. The van der Waals surface area contributed by atoms with Crippen LogP contribution in [-0.2, 0) is 16.1 Å². The van der Waals surface area contributed by atoms with Gasteiger partial charge in [0, 0.05) is 7.11 Å². The van der Waals surface area contributed by atoms with Crippen LogP contribution in [0, 0.1) is 0 Å². The van der Waals surface area contributed by atoms with E-state index in [-0.39, 0.29) is 13.2 Å². The molecule has 1 rings (SSSR count). The summed E-state index contributed by atoms with van der Waals surface area (Å²) < 4.78 is 5.84. The van der Waals surface area contributed by atoms with E-state index in [2.05, 4.69) is 10.3 Å². The van der Waals surface area contributed by atoms with Crippen LogP contribution in [0.5, 0.6) is 0 Å². The second-order valence-electron chi connectivity index (χ2n) is 2.68. The van der Waals surface area contributed by atoms with Gasteiger partial charge < -0.3 is 14.9 Å². The van der Waals surface area contributed by atoms with E-state index in [1.165, 1.54) is 13.3 Å². The van der Waals surface area contributed by atoms with Gasteiger partial charge in [0.1, 0.15) is 12.6 Å². The number of aliphatic hydroxyl groups excluding tert-OH is 1. The Morgan fingerprint density at radius 1 is 1.79 bits per heavy atom. The van der Waals surface area contributed by atoms with Crippen LogP contribution in [0.15, 0.2) is 6.20 Å². The number of nitrogens with zero attached hydrogens (tertiary/aromatic N) is 3. The smallest absolute Gasteiger partial charge is 0.325 e. The van der Waals surface area contributed by atoms with Crippen LogP contribution in [0.4, 0.5) is 0 Å². The van der Waals surface area contributed by atoms with Gasteiger partial charge in [-0.25, -0.2) is 4.68 Å². The largest absolute Gasteiger partial charge is 0.480 e. The van der Waals surface area contributed by atoms with Crippen molar-refractivity contribution in [3.8, 4) is 0 Å². The zero-order valence-corrected chi connectivity index (χ0v) is 7.62. The van der Waals surface area contributed by atoms with Crippen LogP contribution >= 0.6 is 0 Å². The van der Waals surface area contributed by atoms with Crippen molar-refractivity contribution in [2.75, 3.05) is 13.7 Å². The van der Waals surface area contributed by atoms with Crippen molar-refractivity contribution >= 4 is 5.97 Å². The highest BCUT2D eigenvalue weighted by Crippen LogP contribution is 2.10. The van der Waals surface area contributed by atoms with Crippen molar-refractivity contribution in [1.29, 1.82) is 0 Å². The number of aromatic nitrogens is 3. The number of aliphatic carboxylic acids is 1. The lowest BCUT2D eigenvalue weighted by Gasteiger charge is -2.09. The Morgan fingerprint density at radius 2 is 2.50 bits per heavy atom. The lowest BCUT2D eigenvalue weighted by molar-refractivity contribution is -0.138. The van der Waals surface area contributed by atoms with Gasteiger partial charge in [0.05, 0.1) is 18.5 Å². The Labute approximate surface area is 79.9 Å². The first kappa shape index (κ1) is 10.6. The molecule has 0 aromatic carbocycles. The minimum absolute atomic E-state index is 0.0764. The van der Waals surface area contributed by atoms with Gasteiger partial charge in [-0.05, 0) is 0 Å². The third-order valence-corrected chi connectivity index (χ3v) is 1.60. The Balaban J connectivity index is 2.75. The number of methoxy groups -OCH3 is 1. The molecule has 0 aliphatic carbocycles. The van der Waals surface area contributed by atoms with Crippen LogP contribution in [0.1, 0.15) is 11.8 Å². The molecule has 0 aliphatic heterocycles. The molecule has 7 heteroatoms. The molecule has 1 aromatic heterocycles. The van der Waals surface area contributed by atoms with Crippen molar-refractivity contribution in [3.05, 3.63) is 11.9 Å². The summed E-state index contributed by atoms with van der Waals surface area (Å²) in [5, 5.41) is 25.0. The third kappa shape index (κ3) is 2.51. The molecule has 78 valence electrons. The molecular formula is C7H11N3O4. The topological polar surface area (TPSA) is 97.5 Å². The van der Waals surface area contributed by atoms with Gasteiger partial charge in [-0.15, -0.1) is 5.10 Å². The lowest BCUT2D eigenvalue weighted by atomic mass is 10.3. The molecule has 0 radical (unpaired) electrons. The molecule has 0 saturated heterocycles. The minimum Gasteiger partial charge on any atom is -0.480 e. The zero-order valence-electron chi connectivity index (χ0n) is 7.62. The van der Waals surface area contributed by atoms with Gasteiger partial charge in [-0.1, -0.05) is 5.21 Å². The molecule has 0 bridgehead atoms. The summed E-state index contributed by atoms with van der Waals surface area (Å²) in [5.41, 5.74) is 0.328. The number of hydrogen-bond acceptors (Lipinski definition) is 5. The van der Waals surface area contributed by atoms with E-state index in [1.54, 1.807) is 0 Å². The summed E-state index contributed by atoms with van der Waals surface area (Å²) in [6.45, 7) is -0.247. The van der Waals surface area contributed by atoms with E-state index in [0.29, 0.717) is 5.69 Å². The van der Waals surface area contributed by atoms with Crippen molar-refractivity contribution < 1.29 is 19.7 Å². The summed E-state index contributed by atoms with van der Waals surface area (Å²) >= 11 is 0. The number of rotatable bonds is 5. The van der Waals surface area contributed by atoms with Crippen molar-refractivity contribution in [3.63, 3.8) is 0 Å². The maximum absolute atomic E-state index is 10.4. The van der Waals surface area contributed by atoms with Crippen molar-refractivity contribution in [2.45, 2.75) is 12.6 Å². The molecule has 14 heavy (non-hydrogen) atoms. The molecule has 1 aromatic rings. The molecule has 7 nitrogen and oxygen atoms in total. The number of carboxylic acid groups (broad SMARTS) is 1. The fourth-order valence-electron chi connectivity index (χ4n) is 1.02. The average Bonchev–Trinajstić information content (AvgIpc) is 2.51. The molecule has 0 saturated carbocycles. The van der Waals surface area contributed by atoms with E-state index >= 15 is 0 Å². The Hall–Kier alpha value is -1.47. The molecule has 1 unspecified atom stereocenters. The first-order valence-electron chi connectivity index (χ1n) is 3.92. The van der Waals surface area contributed by atoms with E-state index in [1.807, 2.05) is 0 Å².